The predicted octanol–water partition coefficient (Wildman–Crippen LogP) is 1.03. The van der Waals surface area contributed by atoms with Crippen LogP contribution in [0.25, 0.3) is 0 Å². The Morgan fingerprint density at radius 3 is 2.28 bits per heavy atom. The average molecular weight is 269 g/mol. The van der Waals surface area contributed by atoms with Gasteiger partial charge in [-0.2, -0.15) is 0 Å². The van der Waals surface area contributed by atoms with E-state index in [-0.39, 0.29) is 0 Å². The van der Waals surface area contributed by atoms with Crippen LogP contribution in [0.2, 0.25) is 0 Å². The summed E-state index contributed by atoms with van der Waals surface area (Å²) < 4.78 is 14.8. The Labute approximate surface area is 111 Å². The molecule has 0 radical (unpaired) electrons. The fourth-order valence-electron chi connectivity index (χ4n) is 1.61. The largest absolute Gasteiger partial charge is 0.470 e. The van der Waals surface area contributed by atoms with Crippen molar-refractivity contribution in [1.29, 1.82) is 0 Å². The van der Waals surface area contributed by atoms with Crippen LogP contribution in [0.1, 0.15) is 25.8 Å². The van der Waals surface area contributed by atoms with E-state index in [4.69, 9.17) is 0 Å². The van der Waals surface area contributed by atoms with E-state index in [0.29, 0.717) is 17.2 Å². The Kier molecular flexibility index (Phi) is 6.01. The molecule has 2 atom stereocenters. The second-order valence-corrected chi connectivity index (χ2v) is 6.09. The van der Waals surface area contributed by atoms with Gasteiger partial charge in [0.1, 0.15) is 11.0 Å². The van der Waals surface area contributed by atoms with E-state index >= 15 is 0 Å². The van der Waals surface area contributed by atoms with Crippen molar-refractivity contribution in [2.45, 2.75) is 38.0 Å². The maximum atomic E-state index is 12.0. The van der Waals surface area contributed by atoms with Crippen molar-refractivity contribution in [1.82, 2.24) is 4.72 Å². The smallest absolute Gasteiger partial charge is 0.426 e. The van der Waals surface area contributed by atoms with E-state index in [1.807, 2.05) is 32.9 Å². The van der Waals surface area contributed by atoms with Gasteiger partial charge in [0.05, 0.1) is 10.8 Å². The monoisotopic (exact) mass is 269 g/mol. The van der Waals surface area contributed by atoms with Crippen molar-refractivity contribution >= 4 is 18.1 Å². The lowest BCUT2D eigenvalue weighted by Crippen LogP contribution is -2.45. The first-order chi connectivity index (χ1) is 8.40. The van der Waals surface area contributed by atoms with Crippen molar-refractivity contribution in [2.24, 2.45) is 5.92 Å². The number of hydrogen-bond acceptors (Lipinski definition) is 3. The van der Waals surface area contributed by atoms with Crippen molar-refractivity contribution in [3.63, 3.8) is 0 Å². The molecule has 0 heterocycles. The Morgan fingerprint density at radius 2 is 1.83 bits per heavy atom. The highest BCUT2D eigenvalue weighted by molar-refractivity contribution is 7.83. The number of rotatable bonds is 6. The summed E-state index contributed by atoms with van der Waals surface area (Å²) >= 11 is 0. The molecule has 0 aliphatic rings. The molecule has 0 aliphatic heterocycles. The van der Waals surface area contributed by atoms with Crippen LogP contribution in [0.3, 0.4) is 0 Å². The van der Waals surface area contributed by atoms with Gasteiger partial charge in [-0.1, -0.05) is 31.5 Å². The normalized spacial score (nSPS) is 14.6. The molecule has 0 amide bonds. The molecular weight excluding hydrogens is 249 g/mol. The number of nitrogens with one attached hydrogen (secondary N) is 1. The van der Waals surface area contributed by atoms with Gasteiger partial charge in [0, 0.05) is 0 Å². The molecule has 18 heavy (non-hydrogen) atoms. The summed E-state index contributed by atoms with van der Waals surface area (Å²) in [7, 11) is -2.94. The minimum atomic E-state index is -1.51. The third-order valence-corrected chi connectivity index (χ3v) is 3.80. The highest BCUT2D eigenvalue weighted by Crippen LogP contribution is 2.11. The average Bonchev–Trinajstić information content (AvgIpc) is 2.28. The van der Waals surface area contributed by atoms with Gasteiger partial charge in [-0.25, -0.2) is 8.93 Å². The molecule has 0 saturated carbocycles. The standard InChI is InChI=1S/C12H20BNO3S/c1-9(2)8-12(13(15)16)14-18(17)11-6-4-10(3)5-7-11/h4-7,9,12,14-16H,8H2,1-3H3/t12-,18+/m0/s1. The van der Waals surface area contributed by atoms with Gasteiger partial charge in [0.15, 0.2) is 0 Å². The molecule has 1 aromatic carbocycles. The lowest BCUT2D eigenvalue weighted by molar-refractivity contribution is 0.364. The molecule has 3 N–H and O–H groups in total. The third-order valence-electron chi connectivity index (χ3n) is 2.58. The van der Waals surface area contributed by atoms with Crippen LogP contribution in [0.4, 0.5) is 0 Å². The van der Waals surface area contributed by atoms with E-state index in [9.17, 15) is 14.3 Å². The Morgan fingerprint density at radius 1 is 1.28 bits per heavy atom. The van der Waals surface area contributed by atoms with Crippen LogP contribution in [-0.2, 0) is 11.0 Å². The van der Waals surface area contributed by atoms with E-state index in [2.05, 4.69) is 4.72 Å². The summed E-state index contributed by atoms with van der Waals surface area (Å²) in [6.45, 7) is 5.91. The van der Waals surface area contributed by atoms with Crippen LogP contribution in [0.15, 0.2) is 29.2 Å². The second kappa shape index (κ2) is 7.04. The zero-order valence-corrected chi connectivity index (χ0v) is 11.8. The topological polar surface area (TPSA) is 69.6 Å². The molecule has 0 bridgehead atoms. The quantitative estimate of drug-likeness (QED) is 0.676. The Bertz CT molecular complexity index is 395. The first-order valence-electron chi connectivity index (χ1n) is 6.01. The van der Waals surface area contributed by atoms with E-state index < -0.39 is 24.0 Å². The molecule has 0 aliphatic carbocycles. The van der Waals surface area contributed by atoms with Crippen LogP contribution in [0.5, 0.6) is 0 Å². The Balaban J connectivity index is 2.69. The van der Waals surface area contributed by atoms with Gasteiger partial charge in [0.2, 0.25) is 0 Å². The molecule has 0 unspecified atom stereocenters. The highest BCUT2D eigenvalue weighted by Gasteiger charge is 2.26. The minimum absolute atomic E-state index is 0.291. The summed E-state index contributed by atoms with van der Waals surface area (Å²) in [5.41, 5.74) is 1.09. The minimum Gasteiger partial charge on any atom is -0.426 e. The maximum Gasteiger partial charge on any atom is 0.470 e. The van der Waals surface area contributed by atoms with Crippen molar-refractivity contribution < 1.29 is 14.3 Å². The Hall–Kier alpha value is -0.685. The van der Waals surface area contributed by atoms with Crippen molar-refractivity contribution in [3.8, 4) is 0 Å². The number of benzene rings is 1. The van der Waals surface area contributed by atoms with Gasteiger partial charge in [-0.3, -0.25) is 0 Å². The van der Waals surface area contributed by atoms with Gasteiger partial charge >= 0.3 is 7.12 Å². The van der Waals surface area contributed by atoms with Gasteiger partial charge in [0.25, 0.3) is 0 Å². The first kappa shape index (κ1) is 15.4. The molecule has 0 aromatic heterocycles. The third kappa shape index (κ3) is 4.90. The van der Waals surface area contributed by atoms with E-state index in [1.165, 1.54) is 0 Å². The molecule has 0 fully saturated rings. The lowest BCUT2D eigenvalue weighted by atomic mass is 9.76. The summed E-state index contributed by atoms with van der Waals surface area (Å²) in [5, 5.41) is 18.5. The fourth-order valence-corrected chi connectivity index (χ4v) is 2.62. The molecule has 1 rings (SSSR count). The summed E-state index contributed by atoms with van der Waals surface area (Å²) in [6, 6.07) is 7.30. The first-order valence-corrected chi connectivity index (χ1v) is 7.16. The van der Waals surface area contributed by atoms with Crippen LogP contribution in [-0.4, -0.2) is 27.3 Å². The summed E-state index contributed by atoms with van der Waals surface area (Å²) in [6.07, 6.45) is 0.551. The zero-order chi connectivity index (χ0) is 13.7. The molecule has 100 valence electrons. The van der Waals surface area contributed by atoms with Gasteiger partial charge < -0.3 is 10.0 Å². The molecule has 0 saturated heterocycles. The molecular formula is C12H20BNO3S. The van der Waals surface area contributed by atoms with Gasteiger partial charge in [-0.15, -0.1) is 0 Å². The molecule has 1 aromatic rings. The highest BCUT2D eigenvalue weighted by atomic mass is 32.2. The molecule has 0 spiro atoms. The van der Waals surface area contributed by atoms with Crippen LogP contribution >= 0.6 is 0 Å². The second-order valence-electron chi connectivity index (χ2n) is 4.85. The zero-order valence-electron chi connectivity index (χ0n) is 11.0. The predicted molar refractivity (Wildman–Crippen MR) is 74.2 cm³/mol. The van der Waals surface area contributed by atoms with Crippen molar-refractivity contribution in [3.05, 3.63) is 29.8 Å². The summed E-state index contributed by atoms with van der Waals surface area (Å²) in [4.78, 5) is 0.634. The van der Waals surface area contributed by atoms with Crippen LogP contribution in [0, 0.1) is 12.8 Å². The molecule has 4 nitrogen and oxygen atoms in total. The SMILES string of the molecule is Cc1ccc([S@@](=O)N[C@@H](CC(C)C)B(O)O)cc1. The number of hydrogen-bond donors (Lipinski definition) is 3. The lowest BCUT2D eigenvalue weighted by Gasteiger charge is -2.18. The van der Waals surface area contributed by atoms with Crippen LogP contribution < -0.4 is 4.72 Å². The fraction of sp³-hybridized carbons (Fsp3) is 0.500. The van der Waals surface area contributed by atoms with Crippen molar-refractivity contribution in [2.75, 3.05) is 0 Å². The molecule has 6 heteroatoms. The maximum absolute atomic E-state index is 12.0. The van der Waals surface area contributed by atoms with E-state index in [1.54, 1.807) is 12.1 Å². The number of aryl methyl sites for hydroxylation is 1. The van der Waals surface area contributed by atoms with E-state index in [0.717, 1.165) is 5.56 Å². The van der Waals surface area contributed by atoms with Gasteiger partial charge in [-0.05, 0) is 31.4 Å². The summed E-state index contributed by atoms with van der Waals surface area (Å²) in [5.74, 6) is -0.300.